The molecule has 0 radical (unpaired) electrons. The molecule has 0 bridgehead atoms. The van der Waals surface area contributed by atoms with Gasteiger partial charge in [-0.05, 0) is 36.4 Å². The average molecular weight is 248 g/mol. The fourth-order valence-electron chi connectivity index (χ4n) is 1.76. The number of carbonyl (C=O) groups excluding carboxylic acids is 1. The van der Waals surface area contributed by atoms with E-state index in [1.54, 1.807) is 0 Å². The van der Waals surface area contributed by atoms with Gasteiger partial charge < -0.3 is 11.1 Å². The largest absolute Gasteiger partial charge is 0.356 e. The van der Waals surface area contributed by atoms with Crippen LogP contribution in [0.1, 0.15) is 31.4 Å². The van der Waals surface area contributed by atoms with Gasteiger partial charge in [-0.15, -0.1) is 0 Å². The molecule has 1 amide bonds. The number of nitrogens with one attached hydrogen (secondary N) is 1. The van der Waals surface area contributed by atoms with Crippen molar-refractivity contribution in [2.75, 3.05) is 13.1 Å². The molecule has 0 saturated heterocycles. The minimum Gasteiger partial charge on any atom is -0.356 e. The van der Waals surface area contributed by atoms with Gasteiger partial charge in [0, 0.05) is 13.0 Å². The second-order valence-electron chi connectivity index (χ2n) is 4.82. The quantitative estimate of drug-likeness (QED) is 0.774. The van der Waals surface area contributed by atoms with E-state index < -0.39 is 0 Å². The average Bonchev–Trinajstić information content (AvgIpc) is 2.39. The van der Waals surface area contributed by atoms with Crippen molar-refractivity contribution < 1.29 is 4.79 Å². The van der Waals surface area contributed by atoms with Crippen molar-refractivity contribution in [3.8, 4) is 0 Å². The number of rotatable bonds is 7. The summed E-state index contributed by atoms with van der Waals surface area (Å²) >= 11 is 0. The summed E-state index contributed by atoms with van der Waals surface area (Å²) < 4.78 is 0. The van der Waals surface area contributed by atoms with Gasteiger partial charge in [-0.2, -0.15) is 0 Å². The normalized spacial score (nSPS) is 12.2. The second-order valence-corrected chi connectivity index (χ2v) is 4.82. The second kappa shape index (κ2) is 7.88. The molecule has 0 fully saturated rings. The highest BCUT2D eigenvalue weighted by molar-refractivity contribution is 5.76. The van der Waals surface area contributed by atoms with Crippen LogP contribution in [-0.2, 0) is 17.6 Å². The van der Waals surface area contributed by atoms with Gasteiger partial charge in [-0.25, -0.2) is 0 Å². The summed E-state index contributed by atoms with van der Waals surface area (Å²) in [7, 11) is 0. The molecule has 3 N–H and O–H groups in total. The van der Waals surface area contributed by atoms with E-state index in [9.17, 15) is 4.79 Å². The molecule has 1 rings (SSSR count). The lowest BCUT2D eigenvalue weighted by Gasteiger charge is -2.09. The SMILES string of the molecule is CCc1ccc(CCNC(=O)CC(C)CN)cc1. The van der Waals surface area contributed by atoms with E-state index in [1.807, 2.05) is 6.92 Å². The van der Waals surface area contributed by atoms with Crippen LogP contribution < -0.4 is 11.1 Å². The number of benzene rings is 1. The Morgan fingerprint density at radius 3 is 2.44 bits per heavy atom. The first-order chi connectivity index (χ1) is 8.65. The number of aryl methyl sites for hydroxylation is 1. The molecule has 18 heavy (non-hydrogen) atoms. The molecule has 1 aromatic carbocycles. The summed E-state index contributed by atoms with van der Waals surface area (Å²) in [5.74, 6) is 0.354. The van der Waals surface area contributed by atoms with Crippen molar-refractivity contribution in [3.63, 3.8) is 0 Å². The molecule has 0 aliphatic heterocycles. The fraction of sp³-hybridized carbons (Fsp3) is 0.533. The van der Waals surface area contributed by atoms with Gasteiger partial charge in [0.05, 0.1) is 0 Å². The van der Waals surface area contributed by atoms with Crippen LogP contribution in [0.3, 0.4) is 0 Å². The standard InChI is InChI=1S/C15H24N2O/c1-3-13-4-6-14(7-5-13)8-9-17-15(18)10-12(2)11-16/h4-7,12H,3,8-11,16H2,1-2H3,(H,17,18). The summed E-state index contributed by atoms with van der Waals surface area (Å²) in [6.45, 7) is 5.39. The zero-order chi connectivity index (χ0) is 13.4. The van der Waals surface area contributed by atoms with Gasteiger partial charge in [0.2, 0.25) is 5.91 Å². The third-order valence-corrected chi connectivity index (χ3v) is 3.10. The van der Waals surface area contributed by atoms with Crippen molar-refractivity contribution in [2.24, 2.45) is 11.7 Å². The van der Waals surface area contributed by atoms with Crippen molar-refractivity contribution >= 4 is 5.91 Å². The lowest BCUT2D eigenvalue weighted by molar-refractivity contribution is -0.121. The molecule has 0 spiro atoms. The first-order valence-corrected chi connectivity index (χ1v) is 6.70. The molecule has 0 heterocycles. The minimum absolute atomic E-state index is 0.0955. The molecule has 3 heteroatoms. The summed E-state index contributed by atoms with van der Waals surface area (Å²) in [4.78, 5) is 11.5. The lowest BCUT2D eigenvalue weighted by Crippen LogP contribution is -2.28. The Morgan fingerprint density at radius 1 is 1.28 bits per heavy atom. The van der Waals surface area contributed by atoms with Crippen molar-refractivity contribution in [1.29, 1.82) is 0 Å². The van der Waals surface area contributed by atoms with Gasteiger partial charge in [0.15, 0.2) is 0 Å². The van der Waals surface area contributed by atoms with E-state index in [4.69, 9.17) is 5.73 Å². The van der Waals surface area contributed by atoms with Crippen LogP contribution in [0.2, 0.25) is 0 Å². The summed E-state index contributed by atoms with van der Waals surface area (Å²) in [6.07, 6.45) is 2.46. The van der Waals surface area contributed by atoms with E-state index in [-0.39, 0.29) is 11.8 Å². The molecule has 1 unspecified atom stereocenters. The van der Waals surface area contributed by atoms with Gasteiger partial charge >= 0.3 is 0 Å². The van der Waals surface area contributed by atoms with Crippen LogP contribution in [0.15, 0.2) is 24.3 Å². The zero-order valence-electron chi connectivity index (χ0n) is 11.4. The summed E-state index contributed by atoms with van der Waals surface area (Å²) in [5, 5.41) is 2.93. The molecule has 0 saturated carbocycles. The summed E-state index contributed by atoms with van der Waals surface area (Å²) in [5.41, 5.74) is 8.10. The molecular formula is C15H24N2O. The van der Waals surface area contributed by atoms with E-state index in [2.05, 4.69) is 36.5 Å². The van der Waals surface area contributed by atoms with Crippen LogP contribution in [-0.4, -0.2) is 19.0 Å². The molecular weight excluding hydrogens is 224 g/mol. The third kappa shape index (κ3) is 5.32. The van der Waals surface area contributed by atoms with Crippen molar-refractivity contribution in [3.05, 3.63) is 35.4 Å². The van der Waals surface area contributed by atoms with Crippen LogP contribution in [0, 0.1) is 5.92 Å². The number of amides is 1. The smallest absolute Gasteiger partial charge is 0.220 e. The molecule has 0 aliphatic rings. The molecule has 100 valence electrons. The number of hydrogen-bond donors (Lipinski definition) is 2. The Balaban J connectivity index is 2.26. The Hall–Kier alpha value is -1.35. The lowest BCUT2D eigenvalue weighted by atomic mass is 10.1. The van der Waals surface area contributed by atoms with E-state index in [0.717, 1.165) is 12.8 Å². The highest BCUT2D eigenvalue weighted by Gasteiger charge is 2.06. The van der Waals surface area contributed by atoms with Gasteiger partial charge in [0.1, 0.15) is 0 Å². The van der Waals surface area contributed by atoms with E-state index in [1.165, 1.54) is 11.1 Å². The molecule has 1 aromatic rings. The predicted molar refractivity (Wildman–Crippen MR) is 75.4 cm³/mol. The highest BCUT2D eigenvalue weighted by Crippen LogP contribution is 2.05. The topological polar surface area (TPSA) is 55.1 Å². The zero-order valence-corrected chi connectivity index (χ0v) is 11.4. The first kappa shape index (κ1) is 14.7. The van der Waals surface area contributed by atoms with E-state index >= 15 is 0 Å². The number of hydrogen-bond acceptors (Lipinski definition) is 2. The van der Waals surface area contributed by atoms with Gasteiger partial charge in [-0.1, -0.05) is 38.1 Å². The van der Waals surface area contributed by atoms with E-state index in [0.29, 0.717) is 19.5 Å². The Labute approximate surface area is 110 Å². The van der Waals surface area contributed by atoms with Crippen molar-refractivity contribution in [2.45, 2.75) is 33.1 Å². The third-order valence-electron chi connectivity index (χ3n) is 3.10. The number of carbonyl (C=O) groups is 1. The number of nitrogens with two attached hydrogens (primary N) is 1. The van der Waals surface area contributed by atoms with Crippen LogP contribution in [0.5, 0.6) is 0 Å². The highest BCUT2D eigenvalue weighted by atomic mass is 16.1. The Kier molecular flexibility index (Phi) is 6.44. The maximum atomic E-state index is 11.5. The minimum atomic E-state index is 0.0955. The van der Waals surface area contributed by atoms with Crippen molar-refractivity contribution in [1.82, 2.24) is 5.32 Å². The Morgan fingerprint density at radius 2 is 1.89 bits per heavy atom. The summed E-state index contributed by atoms with van der Waals surface area (Å²) in [6, 6.07) is 8.56. The van der Waals surface area contributed by atoms with Crippen LogP contribution >= 0.6 is 0 Å². The monoisotopic (exact) mass is 248 g/mol. The molecule has 0 aromatic heterocycles. The fourth-order valence-corrected chi connectivity index (χ4v) is 1.76. The van der Waals surface area contributed by atoms with Crippen LogP contribution in [0.4, 0.5) is 0 Å². The maximum absolute atomic E-state index is 11.5. The molecule has 0 aliphatic carbocycles. The van der Waals surface area contributed by atoms with Gasteiger partial charge in [-0.3, -0.25) is 4.79 Å². The molecule has 1 atom stereocenters. The van der Waals surface area contributed by atoms with Crippen LogP contribution in [0.25, 0.3) is 0 Å². The van der Waals surface area contributed by atoms with Gasteiger partial charge in [0.25, 0.3) is 0 Å². The predicted octanol–water partition coefficient (Wildman–Crippen LogP) is 1.89. The maximum Gasteiger partial charge on any atom is 0.220 e. The first-order valence-electron chi connectivity index (χ1n) is 6.70. The Bertz CT molecular complexity index is 359. The molecule has 3 nitrogen and oxygen atoms in total.